The highest BCUT2D eigenvalue weighted by Crippen LogP contribution is 2.41. The Kier molecular flexibility index (Phi) is 15.1. The lowest BCUT2D eigenvalue weighted by Crippen LogP contribution is -2.29. The van der Waals surface area contributed by atoms with Crippen molar-refractivity contribution < 1.29 is 29.0 Å². The molecule has 0 aliphatic heterocycles. The van der Waals surface area contributed by atoms with Crippen molar-refractivity contribution in [3.63, 3.8) is 0 Å². The van der Waals surface area contributed by atoms with E-state index in [1.807, 2.05) is 52.0 Å². The first-order valence-corrected chi connectivity index (χ1v) is 16.6. The van der Waals surface area contributed by atoms with E-state index in [0.29, 0.717) is 23.3 Å². The quantitative estimate of drug-likeness (QED) is 0.149. The van der Waals surface area contributed by atoms with E-state index >= 15 is 0 Å². The van der Waals surface area contributed by atoms with Gasteiger partial charge in [-0.25, -0.2) is 8.78 Å². The van der Waals surface area contributed by atoms with Gasteiger partial charge in [0.05, 0.1) is 10.0 Å². The van der Waals surface area contributed by atoms with Crippen molar-refractivity contribution in [3.8, 4) is 22.6 Å². The van der Waals surface area contributed by atoms with Crippen molar-refractivity contribution >= 4 is 51.7 Å². The molecule has 0 amide bonds. The molecule has 46 heavy (non-hydrogen) atoms. The summed E-state index contributed by atoms with van der Waals surface area (Å²) in [6, 6.07) is 16.2. The van der Waals surface area contributed by atoms with Crippen molar-refractivity contribution in [2.45, 2.75) is 79.1 Å². The Morgan fingerprint density at radius 1 is 0.609 bits per heavy atom. The molecule has 0 heterocycles. The first-order chi connectivity index (χ1) is 21.4. The van der Waals surface area contributed by atoms with Gasteiger partial charge < -0.3 is 20.3 Å². The van der Waals surface area contributed by atoms with Crippen molar-refractivity contribution in [3.05, 3.63) is 109 Å². The fourth-order valence-electron chi connectivity index (χ4n) is 4.88. The maximum Gasteiger partial charge on any atom is 0.488 e. The van der Waals surface area contributed by atoms with Crippen LogP contribution in [0, 0.1) is 11.6 Å². The molecule has 0 aromatic heterocycles. The van der Waals surface area contributed by atoms with E-state index in [0.717, 1.165) is 43.9 Å². The van der Waals surface area contributed by atoms with E-state index in [2.05, 4.69) is 43.6 Å². The highest BCUT2D eigenvalue weighted by atomic mass is 79.9. The summed E-state index contributed by atoms with van der Waals surface area (Å²) in [5.41, 5.74) is 5.47. The minimum absolute atomic E-state index is 0.0330. The van der Waals surface area contributed by atoms with Gasteiger partial charge in [0, 0.05) is 15.6 Å². The monoisotopic (exact) mass is 736 g/mol. The average Bonchev–Trinajstić information content (AvgIpc) is 2.95. The topological polar surface area (TPSA) is 80.9 Å². The number of phenolic OH excluding ortho intramolecular Hbond substituents is 2. The van der Waals surface area contributed by atoms with Gasteiger partial charge in [-0.15, -0.1) is 0 Å². The average molecular weight is 738 g/mol. The third-order valence-electron chi connectivity index (χ3n) is 7.31. The molecule has 4 aromatic carbocycles. The molecule has 0 unspecified atom stereocenters. The maximum atomic E-state index is 13.7. The first-order valence-electron chi connectivity index (χ1n) is 15.0. The van der Waals surface area contributed by atoms with E-state index < -0.39 is 18.8 Å². The molecule has 0 aliphatic carbocycles. The lowest BCUT2D eigenvalue weighted by atomic mass is 9.80. The lowest BCUT2D eigenvalue weighted by molar-refractivity contribution is 0.425. The molecular weight excluding hydrogens is 696 g/mol. The van der Waals surface area contributed by atoms with Crippen molar-refractivity contribution in [1.29, 1.82) is 0 Å². The lowest BCUT2D eigenvalue weighted by Gasteiger charge is -2.19. The second-order valence-corrected chi connectivity index (χ2v) is 13.8. The second kappa shape index (κ2) is 17.5. The number of hydrogen-bond acceptors (Lipinski definition) is 4. The van der Waals surface area contributed by atoms with Gasteiger partial charge in [0.25, 0.3) is 0 Å². The molecule has 0 saturated carbocycles. The summed E-state index contributed by atoms with van der Waals surface area (Å²) >= 11 is 14.6. The smallest absolute Gasteiger partial charge is 0.488 e. The van der Waals surface area contributed by atoms with E-state index in [-0.39, 0.29) is 27.3 Å². The van der Waals surface area contributed by atoms with Crippen LogP contribution in [0.25, 0.3) is 11.1 Å². The zero-order valence-electron chi connectivity index (χ0n) is 27.3. The summed E-state index contributed by atoms with van der Waals surface area (Å²) in [6.07, 6.45) is 0. The molecule has 0 fully saturated rings. The first kappa shape index (κ1) is 39.6. The summed E-state index contributed by atoms with van der Waals surface area (Å²) in [7, 11) is -1.65. The third kappa shape index (κ3) is 10.2. The molecule has 0 aliphatic rings. The molecule has 4 aromatic rings. The van der Waals surface area contributed by atoms with Crippen LogP contribution in [0.4, 0.5) is 8.78 Å². The Morgan fingerprint density at radius 2 is 1.07 bits per heavy atom. The largest absolute Gasteiger partial charge is 0.507 e. The molecule has 4 nitrogen and oxygen atoms in total. The number of hydrogen-bond donors (Lipinski definition) is 4. The Labute approximate surface area is 290 Å². The molecule has 0 saturated heterocycles. The number of halogens is 5. The van der Waals surface area contributed by atoms with Crippen LogP contribution in [0.15, 0.2) is 65.1 Å². The van der Waals surface area contributed by atoms with Gasteiger partial charge in [0.15, 0.2) is 0 Å². The Hall–Kier alpha value is -2.62. The SMILES string of the molecule is CC(C)c1ccc(-c2ccc(Cl)c(F)c2)c(C(C)C)c1O.CC(C)c1ccc(Br)c(C(C)C)c1O.OB(O)c1ccc(Cl)c(F)c1. The van der Waals surface area contributed by atoms with Crippen LogP contribution in [0.3, 0.4) is 0 Å². The van der Waals surface area contributed by atoms with E-state index in [9.17, 15) is 19.0 Å². The molecule has 0 atom stereocenters. The van der Waals surface area contributed by atoms with Crippen LogP contribution < -0.4 is 5.46 Å². The molecular formula is C36H42BBrCl2F2O4. The van der Waals surface area contributed by atoms with Crippen LogP contribution in [0.2, 0.25) is 10.0 Å². The predicted molar refractivity (Wildman–Crippen MR) is 192 cm³/mol. The van der Waals surface area contributed by atoms with Gasteiger partial charge >= 0.3 is 7.12 Å². The summed E-state index contributed by atoms with van der Waals surface area (Å²) in [6.45, 7) is 16.5. The summed E-state index contributed by atoms with van der Waals surface area (Å²) < 4.78 is 27.3. The number of rotatable bonds is 6. The molecule has 0 bridgehead atoms. The fraction of sp³-hybridized carbons (Fsp3) is 0.333. The Balaban J connectivity index is 0.000000256. The van der Waals surface area contributed by atoms with Gasteiger partial charge in [-0.05, 0) is 81.7 Å². The molecule has 4 N–H and O–H groups in total. The second-order valence-electron chi connectivity index (χ2n) is 12.2. The van der Waals surface area contributed by atoms with Crippen molar-refractivity contribution in [2.75, 3.05) is 0 Å². The van der Waals surface area contributed by atoms with E-state index in [1.54, 1.807) is 12.1 Å². The predicted octanol–water partition coefficient (Wildman–Crippen LogP) is 10.7. The zero-order chi connectivity index (χ0) is 35.0. The number of aromatic hydroxyl groups is 2. The van der Waals surface area contributed by atoms with Crippen LogP contribution in [0.1, 0.15) is 101 Å². The summed E-state index contributed by atoms with van der Waals surface area (Å²) in [5, 5.41) is 37.9. The van der Waals surface area contributed by atoms with Crippen molar-refractivity contribution in [1.82, 2.24) is 0 Å². The summed E-state index contributed by atoms with van der Waals surface area (Å²) in [5.74, 6) is 0.727. The maximum absolute atomic E-state index is 13.7. The van der Waals surface area contributed by atoms with E-state index in [1.165, 1.54) is 18.2 Å². The van der Waals surface area contributed by atoms with Crippen LogP contribution in [-0.4, -0.2) is 27.4 Å². The zero-order valence-corrected chi connectivity index (χ0v) is 30.4. The minimum Gasteiger partial charge on any atom is -0.507 e. The van der Waals surface area contributed by atoms with Gasteiger partial charge in [-0.3, -0.25) is 0 Å². The van der Waals surface area contributed by atoms with Gasteiger partial charge in [-0.2, -0.15) is 0 Å². The van der Waals surface area contributed by atoms with Gasteiger partial charge in [-0.1, -0.05) is 125 Å². The highest BCUT2D eigenvalue weighted by Gasteiger charge is 2.19. The van der Waals surface area contributed by atoms with Crippen molar-refractivity contribution in [2.24, 2.45) is 0 Å². The normalized spacial score (nSPS) is 11.0. The molecule has 0 radical (unpaired) electrons. The Bertz CT molecular complexity index is 1630. The third-order valence-corrected chi connectivity index (χ3v) is 8.62. The number of phenols is 2. The number of benzene rings is 4. The van der Waals surface area contributed by atoms with Crippen LogP contribution in [-0.2, 0) is 0 Å². The molecule has 0 spiro atoms. The van der Waals surface area contributed by atoms with E-state index in [4.69, 9.17) is 33.2 Å². The highest BCUT2D eigenvalue weighted by molar-refractivity contribution is 9.10. The fourth-order valence-corrected chi connectivity index (χ4v) is 5.89. The molecule has 248 valence electrons. The minimum atomic E-state index is -1.65. The Morgan fingerprint density at radius 3 is 1.50 bits per heavy atom. The standard InChI is InChI=1S/C18H20ClFO.C12H17BrO.C6H5BClFO2/c1-10(2)13-6-7-14(17(11(3)4)18(13)21)12-5-8-15(19)16(20)9-12;1-7(2)9-5-6-10(13)11(8(3)4)12(9)14;8-5-2-1-4(7(10)11)3-6(5)9/h5-11,21H,1-4H3;5-8,14H,1-4H3;1-3,10-11H. The summed E-state index contributed by atoms with van der Waals surface area (Å²) in [4.78, 5) is 0. The van der Waals surface area contributed by atoms with Crippen LogP contribution >= 0.6 is 39.1 Å². The molecule has 10 heteroatoms. The van der Waals surface area contributed by atoms with Gasteiger partial charge in [0.1, 0.15) is 23.1 Å². The van der Waals surface area contributed by atoms with Gasteiger partial charge in [0.2, 0.25) is 0 Å². The molecule has 4 rings (SSSR count). The van der Waals surface area contributed by atoms with Crippen LogP contribution in [0.5, 0.6) is 11.5 Å².